The van der Waals surface area contributed by atoms with Gasteiger partial charge in [-0.05, 0) is 37.5 Å². The molecule has 1 aromatic carbocycles. The van der Waals surface area contributed by atoms with E-state index < -0.39 is 11.6 Å². The van der Waals surface area contributed by atoms with Gasteiger partial charge in [0.1, 0.15) is 0 Å². The number of carbonyl (C=O) groups is 1. The molecule has 1 atom stereocenters. The van der Waals surface area contributed by atoms with Crippen LogP contribution in [-0.2, 0) is 4.79 Å². The van der Waals surface area contributed by atoms with Crippen LogP contribution in [-0.4, -0.2) is 49.5 Å². The highest BCUT2D eigenvalue weighted by Crippen LogP contribution is 2.18. The van der Waals surface area contributed by atoms with Crippen molar-refractivity contribution in [2.24, 2.45) is 4.99 Å². The number of benzene rings is 1. The summed E-state index contributed by atoms with van der Waals surface area (Å²) >= 11 is 0. The average molecular weight is 366 g/mol. The minimum atomic E-state index is -0.837. The lowest BCUT2D eigenvalue weighted by molar-refractivity contribution is -0.127. The van der Waals surface area contributed by atoms with Crippen molar-refractivity contribution in [3.63, 3.8) is 0 Å². The minimum absolute atomic E-state index is 0.0252. The van der Waals surface area contributed by atoms with Crippen LogP contribution in [0.4, 0.5) is 8.78 Å². The monoisotopic (exact) mass is 366 g/mol. The van der Waals surface area contributed by atoms with Crippen LogP contribution in [0.1, 0.15) is 44.6 Å². The number of hydrogen-bond donors (Lipinski definition) is 2. The lowest BCUT2D eigenvalue weighted by Gasteiger charge is -2.17. The Morgan fingerprint density at radius 2 is 2.12 bits per heavy atom. The van der Waals surface area contributed by atoms with Crippen molar-refractivity contribution >= 4 is 11.9 Å². The van der Waals surface area contributed by atoms with Crippen LogP contribution in [0, 0.1) is 11.6 Å². The first kappa shape index (κ1) is 20.1. The summed E-state index contributed by atoms with van der Waals surface area (Å²) in [5.74, 6) is -0.765. The molecule has 2 rings (SSSR count). The molecular weight excluding hydrogens is 338 g/mol. The zero-order valence-electron chi connectivity index (χ0n) is 15.5. The summed E-state index contributed by atoms with van der Waals surface area (Å²) in [6.45, 7) is 7.45. The molecule has 0 aromatic heterocycles. The van der Waals surface area contributed by atoms with Gasteiger partial charge in [0.15, 0.2) is 17.6 Å². The van der Waals surface area contributed by atoms with Crippen LogP contribution in [0.3, 0.4) is 0 Å². The number of hydrogen-bond acceptors (Lipinski definition) is 2. The van der Waals surface area contributed by atoms with Crippen LogP contribution in [0.25, 0.3) is 0 Å². The van der Waals surface area contributed by atoms with Gasteiger partial charge in [-0.2, -0.15) is 0 Å². The molecule has 0 saturated carbocycles. The third kappa shape index (κ3) is 5.97. The molecule has 2 N–H and O–H groups in total. The van der Waals surface area contributed by atoms with Gasteiger partial charge in [-0.25, -0.2) is 8.78 Å². The molecule has 1 heterocycles. The summed E-state index contributed by atoms with van der Waals surface area (Å²) < 4.78 is 26.4. The standard InChI is InChI=1S/C19H28F2N4O/c1-3-22-19(23-9-5-11-25-10-4-6-18(25)26)24-13-14(2)15-7-8-16(20)17(21)12-15/h7-8,12,14H,3-6,9-11,13H2,1-2H3,(H2,22,23,24). The van der Waals surface area contributed by atoms with E-state index in [0.717, 1.165) is 50.7 Å². The summed E-state index contributed by atoms with van der Waals surface area (Å²) in [4.78, 5) is 18.0. The van der Waals surface area contributed by atoms with E-state index in [4.69, 9.17) is 0 Å². The third-order valence-electron chi connectivity index (χ3n) is 4.45. The smallest absolute Gasteiger partial charge is 0.222 e. The second kappa shape index (κ2) is 10.1. The maximum Gasteiger partial charge on any atom is 0.222 e. The van der Waals surface area contributed by atoms with Gasteiger partial charge < -0.3 is 15.5 Å². The van der Waals surface area contributed by atoms with E-state index in [1.165, 1.54) is 6.07 Å². The Labute approximate surface area is 153 Å². The molecule has 0 aliphatic carbocycles. The Morgan fingerprint density at radius 1 is 1.31 bits per heavy atom. The van der Waals surface area contributed by atoms with Gasteiger partial charge in [0.2, 0.25) is 5.91 Å². The zero-order chi connectivity index (χ0) is 18.9. The van der Waals surface area contributed by atoms with Gasteiger partial charge in [-0.1, -0.05) is 13.0 Å². The maximum atomic E-state index is 13.4. The van der Waals surface area contributed by atoms with Crippen LogP contribution in [0.15, 0.2) is 23.2 Å². The van der Waals surface area contributed by atoms with Gasteiger partial charge in [-0.3, -0.25) is 9.79 Å². The molecule has 1 unspecified atom stereocenters. The average Bonchev–Trinajstić information content (AvgIpc) is 3.03. The molecule has 1 saturated heterocycles. The Hall–Kier alpha value is -2.18. The van der Waals surface area contributed by atoms with Crippen molar-refractivity contribution in [2.45, 2.75) is 39.0 Å². The second-order valence-electron chi connectivity index (χ2n) is 6.56. The minimum Gasteiger partial charge on any atom is -0.357 e. The molecule has 1 aromatic rings. The highest BCUT2D eigenvalue weighted by atomic mass is 19.2. The number of carbonyl (C=O) groups excluding carboxylic acids is 1. The number of aliphatic imine (C=N–C) groups is 1. The Kier molecular flexibility index (Phi) is 7.81. The molecule has 7 heteroatoms. The molecule has 5 nitrogen and oxygen atoms in total. The van der Waals surface area contributed by atoms with Crippen molar-refractivity contribution in [1.29, 1.82) is 0 Å². The molecule has 0 bridgehead atoms. The largest absolute Gasteiger partial charge is 0.357 e. The molecule has 0 radical (unpaired) electrons. The first-order valence-electron chi connectivity index (χ1n) is 9.26. The van der Waals surface area contributed by atoms with Crippen LogP contribution >= 0.6 is 0 Å². The molecular formula is C19H28F2N4O. The molecule has 1 fully saturated rings. The predicted octanol–water partition coefficient (Wildman–Crippen LogP) is 2.64. The summed E-state index contributed by atoms with van der Waals surface area (Å²) in [5, 5.41) is 6.43. The first-order valence-corrected chi connectivity index (χ1v) is 9.26. The number of guanidine groups is 1. The summed E-state index contributed by atoms with van der Waals surface area (Å²) in [5.41, 5.74) is 0.719. The van der Waals surface area contributed by atoms with Crippen molar-refractivity contribution in [3.8, 4) is 0 Å². The number of likely N-dealkylation sites (tertiary alicyclic amines) is 1. The second-order valence-corrected chi connectivity index (χ2v) is 6.56. The Morgan fingerprint density at radius 3 is 2.77 bits per heavy atom. The number of amides is 1. The van der Waals surface area contributed by atoms with Gasteiger partial charge in [-0.15, -0.1) is 0 Å². The highest BCUT2D eigenvalue weighted by molar-refractivity contribution is 5.80. The van der Waals surface area contributed by atoms with Gasteiger partial charge in [0.25, 0.3) is 0 Å². The van der Waals surface area contributed by atoms with Gasteiger partial charge >= 0.3 is 0 Å². The van der Waals surface area contributed by atoms with E-state index >= 15 is 0 Å². The molecule has 0 spiro atoms. The quantitative estimate of drug-likeness (QED) is 0.422. The Bertz CT molecular complexity index is 636. The number of halogens is 2. The number of nitrogens with one attached hydrogen (secondary N) is 2. The fourth-order valence-electron chi connectivity index (χ4n) is 2.91. The number of rotatable bonds is 8. The highest BCUT2D eigenvalue weighted by Gasteiger charge is 2.19. The first-order chi connectivity index (χ1) is 12.5. The van der Waals surface area contributed by atoms with Gasteiger partial charge in [0.05, 0.1) is 0 Å². The molecule has 1 aliphatic rings. The van der Waals surface area contributed by atoms with E-state index in [9.17, 15) is 13.6 Å². The van der Waals surface area contributed by atoms with Crippen LogP contribution in [0.5, 0.6) is 0 Å². The topological polar surface area (TPSA) is 56.7 Å². The van der Waals surface area contributed by atoms with E-state index in [-0.39, 0.29) is 11.8 Å². The SMILES string of the molecule is CCNC(=NCC(C)c1ccc(F)c(F)c1)NCCCN1CCCC1=O. The normalized spacial score (nSPS) is 16.1. The lowest BCUT2D eigenvalue weighted by Crippen LogP contribution is -2.39. The van der Waals surface area contributed by atoms with E-state index in [1.807, 2.05) is 18.7 Å². The van der Waals surface area contributed by atoms with Crippen molar-refractivity contribution in [1.82, 2.24) is 15.5 Å². The maximum absolute atomic E-state index is 13.4. The number of nitrogens with zero attached hydrogens (tertiary/aromatic N) is 2. The molecule has 1 aliphatic heterocycles. The van der Waals surface area contributed by atoms with E-state index in [0.29, 0.717) is 18.9 Å². The lowest BCUT2D eigenvalue weighted by atomic mass is 10.0. The summed E-state index contributed by atoms with van der Waals surface area (Å²) in [7, 11) is 0. The van der Waals surface area contributed by atoms with Crippen molar-refractivity contribution in [3.05, 3.63) is 35.4 Å². The van der Waals surface area contributed by atoms with E-state index in [2.05, 4.69) is 15.6 Å². The fourth-order valence-corrected chi connectivity index (χ4v) is 2.91. The van der Waals surface area contributed by atoms with Crippen molar-refractivity contribution < 1.29 is 13.6 Å². The predicted molar refractivity (Wildman–Crippen MR) is 99.2 cm³/mol. The van der Waals surface area contributed by atoms with Gasteiger partial charge in [0, 0.05) is 45.1 Å². The Balaban J connectivity index is 1.81. The molecule has 1 amide bonds. The molecule has 144 valence electrons. The third-order valence-corrected chi connectivity index (χ3v) is 4.45. The zero-order valence-corrected chi connectivity index (χ0v) is 15.5. The van der Waals surface area contributed by atoms with Crippen LogP contribution < -0.4 is 10.6 Å². The fraction of sp³-hybridized carbons (Fsp3) is 0.579. The van der Waals surface area contributed by atoms with E-state index in [1.54, 1.807) is 6.07 Å². The molecule has 26 heavy (non-hydrogen) atoms. The summed E-state index contributed by atoms with van der Waals surface area (Å²) in [6, 6.07) is 3.96. The summed E-state index contributed by atoms with van der Waals surface area (Å²) in [6.07, 6.45) is 2.48. The van der Waals surface area contributed by atoms with Crippen LogP contribution in [0.2, 0.25) is 0 Å². The van der Waals surface area contributed by atoms with Crippen molar-refractivity contribution in [2.75, 3.05) is 32.7 Å².